The fourth-order valence-corrected chi connectivity index (χ4v) is 3.14. The first kappa shape index (κ1) is 19.5. The van der Waals surface area contributed by atoms with Gasteiger partial charge in [0.05, 0.1) is 11.3 Å². The van der Waals surface area contributed by atoms with Crippen LogP contribution in [-0.2, 0) is 0 Å². The monoisotopic (exact) mass is 367 g/mol. The Kier molecular flexibility index (Phi) is 6.81. The van der Waals surface area contributed by atoms with Crippen molar-refractivity contribution in [3.63, 3.8) is 0 Å². The predicted molar refractivity (Wildman–Crippen MR) is 108 cm³/mol. The summed E-state index contributed by atoms with van der Waals surface area (Å²) < 4.78 is 0. The van der Waals surface area contributed by atoms with Crippen LogP contribution in [-0.4, -0.2) is 17.0 Å². The highest BCUT2D eigenvalue weighted by atomic mass is 32.2. The molecule has 0 aromatic heterocycles. The lowest BCUT2D eigenvalue weighted by Crippen LogP contribution is -2.15. The molecule has 0 aliphatic carbocycles. The van der Waals surface area contributed by atoms with Crippen molar-refractivity contribution in [3.8, 4) is 0 Å². The number of hydrogen-bond acceptors (Lipinski definition) is 3. The minimum atomic E-state index is -1.08. The summed E-state index contributed by atoms with van der Waals surface area (Å²) in [5.41, 5.74) is 2.78. The summed E-state index contributed by atoms with van der Waals surface area (Å²) in [6.07, 6.45) is 1.94. The molecule has 1 amide bonds. The lowest BCUT2D eigenvalue weighted by Gasteiger charge is -2.13. The molecule has 5 heteroatoms. The lowest BCUT2D eigenvalue weighted by atomic mass is 10.1. The molecule has 2 rings (SSSR count). The third kappa shape index (κ3) is 4.86. The molecule has 134 valence electrons. The quantitative estimate of drug-likeness (QED) is 0.692. The number of anilines is 1. The molecule has 0 heterocycles. The average Bonchev–Trinajstić information content (AvgIpc) is 2.62. The van der Waals surface area contributed by atoms with E-state index in [1.807, 2.05) is 38.3 Å². The van der Waals surface area contributed by atoms with E-state index in [1.165, 1.54) is 6.07 Å². The van der Waals surface area contributed by atoms with Gasteiger partial charge in [-0.2, -0.15) is 0 Å². The van der Waals surface area contributed by atoms with Gasteiger partial charge < -0.3 is 10.4 Å². The fourth-order valence-electron chi connectivity index (χ4n) is 2.37. The molecule has 2 N–H and O–H groups in total. The molecular formula is C21H21NO3S. The van der Waals surface area contributed by atoms with Crippen molar-refractivity contribution >= 4 is 34.2 Å². The van der Waals surface area contributed by atoms with Crippen molar-refractivity contribution in [2.45, 2.75) is 20.8 Å². The van der Waals surface area contributed by atoms with Crippen LogP contribution in [0.25, 0.3) is 4.91 Å². The Hall–Kier alpha value is -2.79. The van der Waals surface area contributed by atoms with E-state index in [9.17, 15) is 14.7 Å². The van der Waals surface area contributed by atoms with Crippen molar-refractivity contribution in [2.75, 3.05) is 5.32 Å². The number of hydrogen-bond donors (Lipinski definition) is 2. The first-order valence-electron chi connectivity index (χ1n) is 8.13. The maximum atomic E-state index is 12.4. The third-order valence-corrected chi connectivity index (χ3v) is 4.86. The van der Waals surface area contributed by atoms with Gasteiger partial charge in [0.25, 0.3) is 5.91 Å². The van der Waals surface area contributed by atoms with Crippen LogP contribution in [0.1, 0.15) is 47.1 Å². The number of carbonyl (C=O) groups is 2. The Bertz CT molecular complexity index is 866. The second-order valence-corrected chi connectivity index (χ2v) is 6.72. The minimum absolute atomic E-state index is 0.0576. The summed E-state index contributed by atoms with van der Waals surface area (Å²) in [5.74, 6) is -1.43. The number of carboxylic acid groups (broad SMARTS) is 1. The molecular weight excluding hydrogens is 346 g/mol. The predicted octanol–water partition coefficient (Wildman–Crippen LogP) is 5.65. The Morgan fingerprint density at radius 2 is 1.73 bits per heavy atom. The van der Waals surface area contributed by atoms with Gasteiger partial charge in [-0.15, -0.1) is 0 Å². The van der Waals surface area contributed by atoms with Gasteiger partial charge in [0.2, 0.25) is 0 Å². The zero-order valence-electron chi connectivity index (χ0n) is 14.9. The minimum Gasteiger partial charge on any atom is -0.478 e. The number of benzene rings is 2. The summed E-state index contributed by atoms with van der Waals surface area (Å²) in [4.78, 5) is 25.0. The van der Waals surface area contributed by atoms with E-state index in [-0.39, 0.29) is 17.2 Å². The first-order chi connectivity index (χ1) is 12.4. The highest BCUT2D eigenvalue weighted by Crippen LogP contribution is 2.34. The van der Waals surface area contributed by atoms with E-state index in [4.69, 9.17) is 0 Å². The molecule has 0 spiro atoms. The van der Waals surface area contributed by atoms with E-state index in [0.29, 0.717) is 5.56 Å². The van der Waals surface area contributed by atoms with E-state index < -0.39 is 5.97 Å². The standard InChI is InChI=1S/C21H21NO3S/c1-4-12-26-19(14(2)3)16-10-11-17(21(24)25)18(13-16)22-20(23)15-8-6-5-7-9-15/h4-13H,1-3H3,(H,22,23)(H,24,25)/b12-4-. The van der Waals surface area contributed by atoms with Crippen molar-refractivity contribution in [1.29, 1.82) is 0 Å². The van der Waals surface area contributed by atoms with Crippen molar-refractivity contribution in [2.24, 2.45) is 0 Å². The number of carboxylic acids is 1. The zero-order valence-corrected chi connectivity index (χ0v) is 15.8. The maximum Gasteiger partial charge on any atom is 0.337 e. The third-order valence-electron chi connectivity index (χ3n) is 3.57. The molecule has 0 bridgehead atoms. The average molecular weight is 367 g/mol. The molecule has 0 atom stereocenters. The summed E-state index contributed by atoms with van der Waals surface area (Å²) in [5, 5.41) is 14.1. The van der Waals surface area contributed by atoms with Gasteiger partial charge in [0.15, 0.2) is 0 Å². The van der Waals surface area contributed by atoms with Crippen LogP contribution >= 0.6 is 11.8 Å². The summed E-state index contributed by atoms with van der Waals surface area (Å²) >= 11 is 1.56. The topological polar surface area (TPSA) is 66.4 Å². The van der Waals surface area contributed by atoms with E-state index >= 15 is 0 Å². The SMILES string of the molecule is C/C=C\SC(=C(C)C)c1ccc(C(=O)O)c(NC(=O)c2ccccc2)c1. The van der Waals surface area contributed by atoms with Gasteiger partial charge in [0, 0.05) is 10.5 Å². The summed E-state index contributed by atoms with van der Waals surface area (Å²) in [7, 11) is 0. The lowest BCUT2D eigenvalue weighted by molar-refractivity contribution is 0.0698. The van der Waals surface area contributed by atoms with E-state index in [1.54, 1.807) is 48.2 Å². The summed E-state index contributed by atoms with van der Waals surface area (Å²) in [6.45, 7) is 5.94. The van der Waals surface area contributed by atoms with Crippen molar-refractivity contribution in [3.05, 3.63) is 82.3 Å². The van der Waals surface area contributed by atoms with E-state index in [0.717, 1.165) is 16.0 Å². The number of rotatable bonds is 6. The molecule has 0 fully saturated rings. The van der Waals surface area contributed by atoms with Gasteiger partial charge in [-0.25, -0.2) is 4.79 Å². The molecule has 26 heavy (non-hydrogen) atoms. The largest absolute Gasteiger partial charge is 0.478 e. The molecule has 0 aliphatic rings. The molecule has 2 aromatic carbocycles. The number of allylic oxidation sites excluding steroid dienone is 2. The number of aromatic carboxylic acids is 1. The van der Waals surface area contributed by atoms with E-state index in [2.05, 4.69) is 5.32 Å². The number of thioether (sulfide) groups is 1. The zero-order chi connectivity index (χ0) is 19.1. The van der Waals surface area contributed by atoms with Crippen molar-refractivity contribution in [1.82, 2.24) is 0 Å². The van der Waals surface area contributed by atoms with Crippen LogP contribution in [0.2, 0.25) is 0 Å². The second kappa shape index (κ2) is 9.06. The molecule has 4 nitrogen and oxygen atoms in total. The maximum absolute atomic E-state index is 12.4. The second-order valence-electron chi connectivity index (χ2n) is 5.80. The van der Waals surface area contributed by atoms with Gasteiger partial charge in [-0.3, -0.25) is 4.79 Å². The van der Waals surface area contributed by atoms with Crippen LogP contribution in [0.4, 0.5) is 5.69 Å². The first-order valence-corrected chi connectivity index (χ1v) is 9.01. The smallest absolute Gasteiger partial charge is 0.337 e. The van der Waals surface area contributed by atoms with Gasteiger partial charge in [0.1, 0.15) is 0 Å². The Morgan fingerprint density at radius 3 is 2.31 bits per heavy atom. The van der Waals surface area contributed by atoms with Gasteiger partial charge >= 0.3 is 5.97 Å². The normalized spacial score (nSPS) is 10.6. The molecule has 0 saturated carbocycles. The molecule has 0 saturated heterocycles. The fraction of sp³-hybridized carbons (Fsp3) is 0.143. The molecule has 2 aromatic rings. The van der Waals surface area contributed by atoms with Crippen LogP contribution in [0, 0.1) is 0 Å². The van der Waals surface area contributed by atoms with Gasteiger partial charge in [-0.1, -0.05) is 47.7 Å². The Morgan fingerprint density at radius 1 is 1.04 bits per heavy atom. The molecule has 0 radical (unpaired) electrons. The van der Waals surface area contributed by atoms with Crippen LogP contribution in [0.3, 0.4) is 0 Å². The number of amides is 1. The highest BCUT2D eigenvalue weighted by Gasteiger charge is 2.16. The Balaban J connectivity index is 2.44. The Labute approximate surface area is 157 Å². The number of nitrogens with one attached hydrogen (secondary N) is 1. The van der Waals surface area contributed by atoms with Gasteiger partial charge in [-0.05, 0) is 56.0 Å². The van der Waals surface area contributed by atoms with Crippen molar-refractivity contribution < 1.29 is 14.7 Å². The molecule has 0 aliphatic heterocycles. The highest BCUT2D eigenvalue weighted by molar-refractivity contribution is 8.10. The summed E-state index contributed by atoms with van der Waals surface area (Å²) in [6, 6.07) is 13.7. The van der Waals surface area contributed by atoms with Crippen LogP contribution in [0.15, 0.2) is 65.6 Å². The van der Waals surface area contributed by atoms with Crippen LogP contribution in [0.5, 0.6) is 0 Å². The van der Waals surface area contributed by atoms with Crippen LogP contribution < -0.4 is 5.32 Å². The molecule has 0 unspecified atom stereocenters. The number of carbonyl (C=O) groups excluding carboxylic acids is 1.